The quantitative estimate of drug-likeness (QED) is 0.716. The molecule has 1 saturated carbocycles. The van der Waals surface area contributed by atoms with Crippen molar-refractivity contribution in [3.05, 3.63) is 22.4 Å². The molecular weight excluding hydrogens is 292 g/mol. The number of nitrogens with one attached hydrogen (secondary N) is 1. The minimum atomic E-state index is -1.07. The standard InChI is InChI=1S/C14H20N2O4S/c17-8-3-7-16(10-4-1-5-10)14(20)15-12(13(18)19)11-6-2-9-21-11/h2,6,9-10,12,17H,1,3-5,7-8H2,(H,15,20)(H,18,19). The second-order valence-electron chi connectivity index (χ2n) is 5.09. The first-order valence-corrected chi connectivity index (χ1v) is 7.95. The van der Waals surface area contributed by atoms with Crippen LogP contribution < -0.4 is 5.32 Å². The largest absolute Gasteiger partial charge is 0.479 e. The number of hydrogen-bond acceptors (Lipinski definition) is 4. The van der Waals surface area contributed by atoms with Gasteiger partial charge in [-0.15, -0.1) is 11.3 Å². The van der Waals surface area contributed by atoms with Crippen LogP contribution in [0.3, 0.4) is 0 Å². The number of aliphatic hydroxyl groups excluding tert-OH is 1. The molecule has 1 aromatic rings. The smallest absolute Gasteiger partial charge is 0.331 e. The molecule has 3 N–H and O–H groups in total. The highest BCUT2D eigenvalue weighted by Gasteiger charge is 2.31. The summed E-state index contributed by atoms with van der Waals surface area (Å²) in [4.78, 5) is 26.0. The Labute approximate surface area is 127 Å². The van der Waals surface area contributed by atoms with Gasteiger partial charge in [0.2, 0.25) is 0 Å². The first-order valence-electron chi connectivity index (χ1n) is 7.07. The first-order chi connectivity index (χ1) is 10.1. The monoisotopic (exact) mass is 312 g/mol. The van der Waals surface area contributed by atoms with Crippen LogP contribution in [0.15, 0.2) is 17.5 Å². The molecule has 1 atom stereocenters. The third-order valence-corrected chi connectivity index (χ3v) is 4.61. The molecule has 0 aromatic carbocycles. The Hall–Kier alpha value is -1.60. The van der Waals surface area contributed by atoms with Gasteiger partial charge in [0.05, 0.1) is 0 Å². The number of urea groups is 1. The fourth-order valence-electron chi connectivity index (χ4n) is 2.31. The number of carbonyl (C=O) groups is 2. The van der Waals surface area contributed by atoms with Gasteiger partial charge < -0.3 is 20.4 Å². The second-order valence-corrected chi connectivity index (χ2v) is 6.07. The summed E-state index contributed by atoms with van der Waals surface area (Å²) in [6.07, 6.45) is 3.46. The lowest BCUT2D eigenvalue weighted by Gasteiger charge is -2.38. The number of amides is 2. The molecule has 2 rings (SSSR count). The Morgan fingerprint density at radius 3 is 2.71 bits per heavy atom. The molecule has 1 heterocycles. The van der Waals surface area contributed by atoms with Gasteiger partial charge in [0.15, 0.2) is 6.04 Å². The van der Waals surface area contributed by atoms with Gasteiger partial charge >= 0.3 is 12.0 Å². The van der Waals surface area contributed by atoms with Crippen molar-refractivity contribution in [2.24, 2.45) is 0 Å². The number of aliphatic hydroxyl groups is 1. The predicted octanol–water partition coefficient (Wildman–Crippen LogP) is 1.82. The van der Waals surface area contributed by atoms with Crippen molar-refractivity contribution in [1.82, 2.24) is 10.2 Å². The van der Waals surface area contributed by atoms with Gasteiger partial charge in [-0.2, -0.15) is 0 Å². The summed E-state index contributed by atoms with van der Waals surface area (Å²) in [6.45, 7) is 0.466. The van der Waals surface area contributed by atoms with Gasteiger partial charge in [-0.05, 0) is 37.1 Å². The Kier molecular flexibility index (Phi) is 5.58. The Morgan fingerprint density at radius 1 is 1.48 bits per heavy atom. The molecule has 0 saturated heterocycles. The maximum absolute atomic E-state index is 12.4. The van der Waals surface area contributed by atoms with E-state index in [9.17, 15) is 14.7 Å². The summed E-state index contributed by atoms with van der Waals surface area (Å²) < 4.78 is 0. The van der Waals surface area contributed by atoms with Crippen molar-refractivity contribution in [2.45, 2.75) is 37.8 Å². The molecule has 21 heavy (non-hydrogen) atoms. The van der Waals surface area contributed by atoms with E-state index in [-0.39, 0.29) is 18.7 Å². The van der Waals surface area contributed by atoms with Crippen LogP contribution in [0, 0.1) is 0 Å². The average molecular weight is 312 g/mol. The Balaban J connectivity index is 2.03. The van der Waals surface area contributed by atoms with Gasteiger partial charge in [-0.25, -0.2) is 9.59 Å². The van der Waals surface area contributed by atoms with Crippen LogP contribution in [0.4, 0.5) is 4.79 Å². The maximum Gasteiger partial charge on any atom is 0.331 e. The van der Waals surface area contributed by atoms with E-state index in [0.717, 1.165) is 19.3 Å². The van der Waals surface area contributed by atoms with Crippen LogP contribution in [0.25, 0.3) is 0 Å². The first kappa shape index (κ1) is 15.8. The minimum Gasteiger partial charge on any atom is -0.479 e. The molecule has 1 unspecified atom stereocenters. The summed E-state index contributed by atoms with van der Waals surface area (Å²) in [7, 11) is 0. The minimum absolute atomic E-state index is 0.0176. The van der Waals surface area contributed by atoms with Crippen molar-refractivity contribution in [2.75, 3.05) is 13.2 Å². The highest BCUT2D eigenvalue weighted by molar-refractivity contribution is 7.10. The van der Waals surface area contributed by atoms with Crippen molar-refractivity contribution in [3.8, 4) is 0 Å². The van der Waals surface area contributed by atoms with E-state index in [4.69, 9.17) is 5.11 Å². The van der Waals surface area contributed by atoms with E-state index in [1.54, 1.807) is 22.4 Å². The molecule has 0 aliphatic heterocycles. The fourth-order valence-corrected chi connectivity index (χ4v) is 3.07. The second kappa shape index (κ2) is 7.42. The molecule has 0 bridgehead atoms. The molecule has 0 spiro atoms. The van der Waals surface area contributed by atoms with Crippen LogP contribution in [-0.4, -0.2) is 46.3 Å². The van der Waals surface area contributed by atoms with Crippen LogP contribution >= 0.6 is 11.3 Å². The third-order valence-electron chi connectivity index (χ3n) is 3.68. The number of thiophene rings is 1. The number of carboxylic acid groups (broad SMARTS) is 1. The number of carboxylic acids is 1. The SMILES string of the molecule is O=C(O)C(NC(=O)N(CCCO)C1CCC1)c1cccs1. The van der Waals surface area contributed by atoms with E-state index in [1.807, 2.05) is 0 Å². The lowest BCUT2D eigenvalue weighted by atomic mass is 9.91. The number of carbonyl (C=O) groups excluding carboxylic acids is 1. The number of aliphatic carboxylic acids is 1. The predicted molar refractivity (Wildman–Crippen MR) is 79.3 cm³/mol. The van der Waals surface area contributed by atoms with E-state index < -0.39 is 12.0 Å². The molecule has 2 amide bonds. The molecule has 1 fully saturated rings. The zero-order valence-corrected chi connectivity index (χ0v) is 12.5. The Bertz CT molecular complexity index is 473. The van der Waals surface area contributed by atoms with Gasteiger partial charge in [0, 0.05) is 24.1 Å². The lowest BCUT2D eigenvalue weighted by Crippen LogP contribution is -2.51. The van der Waals surface area contributed by atoms with Crippen LogP contribution in [0.1, 0.15) is 36.6 Å². The molecule has 1 aliphatic rings. The van der Waals surface area contributed by atoms with Crippen LogP contribution in [-0.2, 0) is 4.79 Å². The zero-order chi connectivity index (χ0) is 15.2. The van der Waals surface area contributed by atoms with E-state index >= 15 is 0 Å². The third kappa shape index (κ3) is 3.95. The summed E-state index contributed by atoms with van der Waals surface area (Å²) in [5.74, 6) is -1.07. The summed E-state index contributed by atoms with van der Waals surface area (Å²) >= 11 is 1.30. The summed E-state index contributed by atoms with van der Waals surface area (Å²) in [5, 5.41) is 22.6. The zero-order valence-electron chi connectivity index (χ0n) is 11.7. The van der Waals surface area contributed by atoms with Gasteiger partial charge in [-0.3, -0.25) is 0 Å². The number of hydrogen-bond donors (Lipinski definition) is 3. The number of nitrogens with zero attached hydrogens (tertiary/aromatic N) is 1. The van der Waals surface area contributed by atoms with Crippen LogP contribution in [0.2, 0.25) is 0 Å². The van der Waals surface area contributed by atoms with Gasteiger partial charge in [-0.1, -0.05) is 6.07 Å². The molecule has 6 nitrogen and oxygen atoms in total. The lowest BCUT2D eigenvalue weighted by molar-refractivity contribution is -0.139. The fraction of sp³-hybridized carbons (Fsp3) is 0.571. The topological polar surface area (TPSA) is 89.9 Å². The average Bonchev–Trinajstić information content (AvgIpc) is 2.91. The Morgan fingerprint density at radius 2 is 2.24 bits per heavy atom. The molecule has 0 radical (unpaired) electrons. The van der Waals surface area contributed by atoms with Crippen molar-refractivity contribution in [3.63, 3.8) is 0 Å². The van der Waals surface area contributed by atoms with Crippen LogP contribution in [0.5, 0.6) is 0 Å². The van der Waals surface area contributed by atoms with E-state index in [2.05, 4.69) is 5.32 Å². The normalized spacial score (nSPS) is 16.0. The molecule has 1 aromatic heterocycles. The number of rotatable bonds is 7. The maximum atomic E-state index is 12.4. The molecule has 7 heteroatoms. The highest BCUT2D eigenvalue weighted by atomic mass is 32.1. The van der Waals surface area contributed by atoms with Crippen molar-refractivity contribution >= 4 is 23.3 Å². The summed E-state index contributed by atoms with van der Waals surface area (Å²) in [6, 6.07) is 2.24. The molecular formula is C14H20N2O4S. The summed E-state index contributed by atoms with van der Waals surface area (Å²) in [5.41, 5.74) is 0. The van der Waals surface area contributed by atoms with E-state index in [1.165, 1.54) is 11.3 Å². The molecule has 1 aliphatic carbocycles. The molecule has 116 valence electrons. The van der Waals surface area contributed by atoms with Crippen molar-refractivity contribution < 1.29 is 19.8 Å². The van der Waals surface area contributed by atoms with Gasteiger partial charge in [0.1, 0.15) is 0 Å². The van der Waals surface area contributed by atoms with Gasteiger partial charge in [0.25, 0.3) is 0 Å². The van der Waals surface area contributed by atoms with Crippen molar-refractivity contribution in [1.29, 1.82) is 0 Å². The van der Waals surface area contributed by atoms with E-state index in [0.29, 0.717) is 17.8 Å². The highest BCUT2D eigenvalue weighted by Crippen LogP contribution is 2.26.